The van der Waals surface area contributed by atoms with Gasteiger partial charge in [0.25, 0.3) is 0 Å². The van der Waals surface area contributed by atoms with Crippen LogP contribution in [0.3, 0.4) is 0 Å². The molecule has 4 rings (SSSR count). The molecule has 2 saturated heterocycles. The summed E-state index contributed by atoms with van der Waals surface area (Å²) >= 11 is 3.63. The van der Waals surface area contributed by atoms with Crippen LogP contribution in [0.15, 0.2) is 18.2 Å². The largest absolute Gasteiger partial charge is 0.348 e. The fourth-order valence-electron chi connectivity index (χ4n) is 3.22. The van der Waals surface area contributed by atoms with Crippen LogP contribution in [0.4, 0.5) is 10.8 Å². The summed E-state index contributed by atoms with van der Waals surface area (Å²) in [6.07, 6.45) is 3.04. The maximum atomic E-state index is 12.3. The summed E-state index contributed by atoms with van der Waals surface area (Å²) in [5.74, 6) is 2.23. The van der Waals surface area contributed by atoms with Crippen LogP contribution in [-0.4, -0.2) is 48.1 Å². The van der Waals surface area contributed by atoms with Crippen molar-refractivity contribution in [1.29, 1.82) is 0 Å². The van der Waals surface area contributed by atoms with E-state index >= 15 is 0 Å². The summed E-state index contributed by atoms with van der Waals surface area (Å²) < 4.78 is 1.14. The molecule has 1 aromatic heterocycles. The second kappa shape index (κ2) is 7.29. The van der Waals surface area contributed by atoms with E-state index in [4.69, 9.17) is 4.98 Å². The van der Waals surface area contributed by atoms with E-state index in [0.29, 0.717) is 6.42 Å². The molecule has 2 aliphatic heterocycles. The molecule has 1 aromatic carbocycles. The van der Waals surface area contributed by atoms with E-state index in [9.17, 15) is 4.79 Å². The van der Waals surface area contributed by atoms with Crippen LogP contribution in [-0.2, 0) is 4.79 Å². The average molecular weight is 363 g/mol. The summed E-state index contributed by atoms with van der Waals surface area (Å²) in [7, 11) is 0. The van der Waals surface area contributed by atoms with Gasteiger partial charge in [0.05, 0.1) is 10.2 Å². The Kier molecular flexibility index (Phi) is 4.91. The molecule has 0 spiro atoms. The maximum absolute atomic E-state index is 12.3. The second-order valence-electron chi connectivity index (χ2n) is 6.35. The van der Waals surface area contributed by atoms with Crippen LogP contribution < -0.4 is 15.5 Å². The number of rotatable bonds is 4. The number of hydrogen-bond donors (Lipinski definition) is 2. The molecule has 1 unspecified atom stereocenters. The van der Waals surface area contributed by atoms with Gasteiger partial charge in [-0.05, 0) is 31.0 Å². The van der Waals surface area contributed by atoms with Crippen molar-refractivity contribution in [3.8, 4) is 0 Å². The lowest BCUT2D eigenvalue weighted by atomic mass is 10.2. The lowest BCUT2D eigenvalue weighted by Gasteiger charge is -2.22. The van der Waals surface area contributed by atoms with E-state index in [1.165, 1.54) is 12.8 Å². The number of amides is 1. The summed E-state index contributed by atoms with van der Waals surface area (Å²) in [6.45, 7) is 3.21. The van der Waals surface area contributed by atoms with Gasteiger partial charge < -0.3 is 15.5 Å². The first-order valence-corrected chi connectivity index (χ1v) is 10.5. The predicted molar refractivity (Wildman–Crippen MR) is 103 cm³/mol. The van der Waals surface area contributed by atoms with Crippen LogP contribution in [0.2, 0.25) is 0 Å². The van der Waals surface area contributed by atoms with Gasteiger partial charge in [0, 0.05) is 49.3 Å². The molecule has 24 heavy (non-hydrogen) atoms. The quantitative estimate of drug-likeness (QED) is 0.876. The van der Waals surface area contributed by atoms with Gasteiger partial charge in [-0.3, -0.25) is 4.79 Å². The monoisotopic (exact) mass is 362 g/mol. The highest BCUT2D eigenvalue weighted by atomic mass is 32.2. The summed E-state index contributed by atoms with van der Waals surface area (Å²) in [6, 6.07) is 6.30. The van der Waals surface area contributed by atoms with Gasteiger partial charge in [-0.15, -0.1) is 0 Å². The highest BCUT2D eigenvalue weighted by Gasteiger charge is 2.18. The summed E-state index contributed by atoms with van der Waals surface area (Å²) in [5.41, 5.74) is 1.89. The summed E-state index contributed by atoms with van der Waals surface area (Å²) in [5, 5.41) is 7.55. The van der Waals surface area contributed by atoms with E-state index in [2.05, 4.69) is 15.5 Å². The number of hydrogen-bond acceptors (Lipinski definition) is 6. The molecular formula is C17H22N4OS2. The van der Waals surface area contributed by atoms with Crippen molar-refractivity contribution in [2.45, 2.75) is 25.3 Å². The number of thiazole rings is 1. The number of aromatic nitrogens is 1. The Morgan fingerprint density at radius 2 is 2.25 bits per heavy atom. The van der Waals surface area contributed by atoms with Gasteiger partial charge in [0.2, 0.25) is 5.91 Å². The van der Waals surface area contributed by atoms with Crippen molar-refractivity contribution >= 4 is 50.0 Å². The minimum Gasteiger partial charge on any atom is -0.348 e. The van der Waals surface area contributed by atoms with Crippen LogP contribution in [0, 0.1) is 0 Å². The molecule has 2 fully saturated rings. The van der Waals surface area contributed by atoms with Crippen molar-refractivity contribution in [2.75, 3.05) is 41.4 Å². The molecule has 0 radical (unpaired) electrons. The third kappa shape index (κ3) is 3.68. The third-order valence-corrected chi connectivity index (χ3v) is 6.68. The SMILES string of the molecule is O=C(CC1CSCCN1)Nc1ccc2nc(N3CCCC3)sc2c1. The Balaban J connectivity index is 1.43. The molecule has 0 aliphatic carbocycles. The van der Waals surface area contributed by atoms with Gasteiger partial charge in [-0.25, -0.2) is 4.98 Å². The number of nitrogens with one attached hydrogen (secondary N) is 2. The standard InChI is InChI=1S/C17H22N4OS2/c22-16(10-13-11-23-8-5-18-13)19-12-3-4-14-15(9-12)24-17(20-14)21-6-1-2-7-21/h3-4,9,13,18H,1-2,5-8,10-11H2,(H,19,22). The zero-order valence-corrected chi connectivity index (χ0v) is 15.2. The Morgan fingerprint density at radius 3 is 3.04 bits per heavy atom. The number of carbonyl (C=O) groups is 1. The van der Waals surface area contributed by atoms with Gasteiger partial charge in [-0.2, -0.15) is 11.8 Å². The first-order chi connectivity index (χ1) is 11.8. The highest BCUT2D eigenvalue weighted by Crippen LogP contribution is 2.32. The number of anilines is 2. The molecule has 2 aliphatic rings. The van der Waals surface area contributed by atoms with Crippen molar-refractivity contribution in [1.82, 2.24) is 10.3 Å². The molecular weight excluding hydrogens is 340 g/mol. The van der Waals surface area contributed by atoms with Crippen molar-refractivity contribution in [3.05, 3.63) is 18.2 Å². The number of nitrogens with zero attached hydrogens (tertiary/aromatic N) is 2. The molecule has 1 amide bonds. The minimum absolute atomic E-state index is 0.0821. The Labute approximate surface area is 150 Å². The van der Waals surface area contributed by atoms with E-state index < -0.39 is 0 Å². The van der Waals surface area contributed by atoms with Gasteiger partial charge in [-0.1, -0.05) is 11.3 Å². The Bertz CT molecular complexity index is 720. The Hall–Kier alpha value is -1.31. The topological polar surface area (TPSA) is 57.3 Å². The number of fused-ring (bicyclic) bond motifs is 1. The van der Waals surface area contributed by atoms with Crippen LogP contribution in [0.1, 0.15) is 19.3 Å². The minimum atomic E-state index is 0.0821. The van der Waals surface area contributed by atoms with Crippen LogP contribution in [0.5, 0.6) is 0 Å². The van der Waals surface area contributed by atoms with Gasteiger partial charge in [0.1, 0.15) is 0 Å². The van der Waals surface area contributed by atoms with Gasteiger partial charge in [0.15, 0.2) is 5.13 Å². The third-order valence-electron chi connectivity index (χ3n) is 4.47. The molecule has 2 aromatic rings. The van der Waals surface area contributed by atoms with Crippen LogP contribution in [0.25, 0.3) is 10.2 Å². The normalized spacial score (nSPS) is 21.3. The molecule has 0 saturated carbocycles. The zero-order valence-electron chi connectivity index (χ0n) is 13.6. The molecule has 3 heterocycles. The van der Waals surface area contributed by atoms with E-state index in [0.717, 1.165) is 52.2 Å². The lowest BCUT2D eigenvalue weighted by Crippen LogP contribution is -2.39. The first kappa shape index (κ1) is 16.2. The molecule has 7 heteroatoms. The molecule has 128 valence electrons. The average Bonchev–Trinajstić information content (AvgIpc) is 3.24. The van der Waals surface area contributed by atoms with E-state index in [1.807, 2.05) is 30.0 Å². The van der Waals surface area contributed by atoms with E-state index in [-0.39, 0.29) is 11.9 Å². The molecule has 0 bridgehead atoms. The fraction of sp³-hybridized carbons (Fsp3) is 0.529. The van der Waals surface area contributed by atoms with Crippen molar-refractivity contribution < 1.29 is 4.79 Å². The summed E-state index contributed by atoms with van der Waals surface area (Å²) in [4.78, 5) is 19.3. The van der Waals surface area contributed by atoms with Crippen LogP contribution >= 0.6 is 23.1 Å². The Morgan fingerprint density at radius 1 is 1.38 bits per heavy atom. The molecule has 1 atom stereocenters. The fourth-order valence-corrected chi connectivity index (χ4v) is 5.23. The first-order valence-electron chi connectivity index (χ1n) is 8.54. The smallest absolute Gasteiger partial charge is 0.225 e. The van der Waals surface area contributed by atoms with E-state index in [1.54, 1.807) is 11.3 Å². The van der Waals surface area contributed by atoms with Gasteiger partial charge >= 0.3 is 0 Å². The number of carbonyl (C=O) groups excluding carboxylic acids is 1. The van der Waals surface area contributed by atoms with Crippen molar-refractivity contribution in [3.63, 3.8) is 0 Å². The molecule has 5 nitrogen and oxygen atoms in total. The predicted octanol–water partition coefficient (Wildman–Crippen LogP) is 2.93. The lowest BCUT2D eigenvalue weighted by molar-refractivity contribution is -0.116. The zero-order chi connectivity index (χ0) is 16.4. The maximum Gasteiger partial charge on any atom is 0.225 e. The van der Waals surface area contributed by atoms with Crippen molar-refractivity contribution in [2.24, 2.45) is 0 Å². The second-order valence-corrected chi connectivity index (χ2v) is 8.51. The highest BCUT2D eigenvalue weighted by molar-refractivity contribution is 7.99. The number of thioether (sulfide) groups is 1. The molecule has 2 N–H and O–H groups in total. The number of benzene rings is 1.